The van der Waals surface area contributed by atoms with Crippen molar-refractivity contribution < 1.29 is 28.6 Å². The summed E-state index contributed by atoms with van der Waals surface area (Å²) in [5, 5.41) is 5.15. The highest BCUT2D eigenvalue weighted by atomic mass is 16.5. The van der Waals surface area contributed by atoms with E-state index in [0.717, 1.165) is 0 Å². The summed E-state index contributed by atoms with van der Waals surface area (Å²) in [5.41, 5.74) is 0.865. The monoisotopic (exact) mass is 386 g/mol. The third kappa shape index (κ3) is 6.01. The number of esters is 1. The number of carbonyl (C=O) groups excluding carboxylic acids is 3. The molecule has 28 heavy (non-hydrogen) atoms. The van der Waals surface area contributed by atoms with Crippen molar-refractivity contribution in [3.63, 3.8) is 0 Å². The molecule has 2 aromatic rings. The van der Waals surface area contributed by atoms with Crippen molar-refractivity contribution in [1.29, 1.82) is 0 Å². The van der Waals surface area contributed by atoms with Crippen LogP contribution in [0.2, 0.25) is 0 Å². The highest BCUT2D eigenvalue weighted by Gasteiger charge is 2.15. The second-order valence-corrected chi connectivity index (χ2v) is 5.76. The van der Waals surface area contributed by atoms with Gasteiger partial charge in [-0.2, -0.15) is 0 Å². The third-order valence-electron chi connectivity index (χ3n) is 3.78. The summed E-state index contributed by atoms with van der Waals surface area (Å²) in [5.74, 6) is -0.0532. The number of ether oxygens (including phenoxy) is 3. The van der Waals surface area contributed by atoms with Crippen LogP contribution in [0.4, 0.5) is 5.69 Å². The summed E-state index contributed by atoms with van der Waals surface area (Å²) in [6.45, 7) is 1.42. The van der Waals surface area contributed by atoms with Crippen LogP contribution in [-0.2, 0) is 14.3 Å². The third-order valence-corrected chi connectivity index (χ3v) is 3.78. The quantitative estimate of drug-likeness (QED) is 0.673. The first-order chi connectivity index (χ1) is 13.4. The molecule has 2 aromatic carbocycles. The predicted octanol–water partition coefficient (Wildman–Crippen LogP) is 2.00. The van der Waals surface area contributed by atoms with Gasteiger partial charge in [0.05, 0.1) is 14.2 Å². The highest BCUT2D eigenvalue weighted by molar-refractivity contribution is 5.97. The van der Waals surface area contributed by atoms with E-state index in [1.807, 2.05) is 0 Å². The van der Waals surface area contributed by atoms with Crippen LogP contribution in [0.1, 0.15) is 17.3 Å². The molecule has 0 heterocycles. The molecule has 1 atom stereocenters. The SMILES string of the molecule is COC(=O)CNC(=O)c1ccc(NC(=O)C(C)Oc2ccc(OC)cc2)cc1. The predicted molar refractivity (Wildman–Crippen MR) is 103 cm³/mol. The van der Waals surface area contributed by atoms with Gasteiger partial charge < -0.3 is 24.8 Å². The molecular weight excluding hydrogens is 364 g/mol. The van der Waals surface area contributed by atoms with Crippen LogP contribution in [0.3, 0.4) is 0 Å². The van der Waals surface area contributed by atoms with Gasteiger partial charge in [-0.25, -0.2) is 0 Å². The van der Waals surface area contributed by atoms with Crippen LogP contribution in [0.5, 0.6) is 11.5 Å². The molecule has 0 fully saturated rings. The van der Waals surface area contributed by atoms with Crippen LogP contribution in [0.15, 0.2) is 48.5 Å². The average Bonchev–Trinajstić information content (AvgIpc) is 2.72. The maximum atomic E-state index is 12.3. The Morgan fingerprint density at radius 2 is 1.54 bits per heavy atom. The Bertz CT molecular complexity index is 818. The number of hydrogen-bond donors (Lipinski definition) is 2. The largest absolute Gasteiger partial charge is 0.497 e. The molecule has 2 rings (SSSR count). The van der Waals surface area contributed by atoms with E-state index in [2.05, 4.69) is 15.4 Å². The molecule has 1 unspecified atom stereocenters. The first-order valence-corrected chi connectivity index (χ1v) is 8.49. The molecule has 2 amide bonds. The summed E-state index contributed by atoms with van der Waals surface area (Å²) in [6, 6.07) is 13.2. The molecular formula is C20H22N2O6. The zero-order valence-corrected chi connectivity index (χ0v) is 15.9. The van der Waals surface area contributed by atoms with E-state index >= 15 is 0 Å². The van der Waals surface area contributed by atoms with E-state index in [-0.39, 0.29) is 12.5 Å². The Balaban J connectivity index is 1.88. The van der Waals surface area contributed by atoms with Gasteiger partial charge in [-0.1, -0.05) is 0 Å². The number of nitrogens with one attached hydrogen (secondary N) is 2. The lowest BCUT2D eigenvalue weighted by Gasteiger charge is -2.15. The molecule has 0 bridgehead atoms. The second-order valence-electron chi connectivity index (χ2n) is 5.76. The number of anilines is 1. The molecule has 8 heteroatoms. The second kappa shape index (κ2) is 9.96. The average molecular weight is 386 g/mol. The van der Waals surface area contributed by atoms with Gasteiger partial charge in [0, 0.05) is 11.3 Å². The Hall–Kier alpha value is -3.55. The van der Waals surface area contributed by atoms with E-state index in [9.17, 15) is 14.4 Å². The summed E-state index contributed by atoms with van der Waals surface area (Å²) in [6.07, 6.45) is -0.726. The molecule has 0 spiro atoms. The first kappa shape index (κ1) is 20.8. The summed E-state index contributed by atoms with van der Waals surface area (Å²) >= 11 is 0. The molecule has 0 aliphatic heterocycles. The van der Waals surface area contributed by atoms with E-state index in [0.29, 0.717) is 22.7 Å². The van der Waals surface area contributed by atoms with Gasteiger partial charge in [0.1, 0.15) is 18.0 Å². The fourth-order valence-electron chi connectivity index (χ4n) is 2.19. The maximum absolute atomic E-state index is 12.3. The molecule has 0 saturated heterocycles. The fraction of sp³-hybridized carbons (Fsp3) is 0.250. The number of amides is 2. The van der Waals surface area contributed by atoms with Crippen molar-refractivity contribution in [3.8, 4) is 11.5 Å². The smallest absolute Gasteiger partial charge is 0.325 e. The minimum Gasteiger partial charge on any atom is -0.497 e. The molecule has 0 aliphatic rings. The molecule has 0 radical (unpaired) electrons. The number of carbonyl (C=O) groups is 3. The van der Waals surface area contributed by atoms with Crippen molar-refractivity contribution in [1.82, 2.24) is 5.32 Å². The van der Waals surface area contributed by atoms with Crippen LogP contribution in [0.25, 0.3) is 0 Å². The van der Waals surface area contributed by atoms with E-state index in [4.69, 9.17) is 9.47 Å². The summed E-state index contributed by atoms with van der Waals surface area (Å²) in [4.78, 5) is 35.2. The summed E-state index contributed by atoms with van der Waals surface area (Å²) < 4.78 is 15.1. The molecule has 0 aliphatic carbocycles. The summed E-state index contributed by atoms with van der Waals surface area (Å²) in [7, 11) is 2.81. The maximum Gasteiger partial charge on any atom is 0.325 e. The molecule has 8 nitrogen and oxygen atoms in total. The number of rotatable bonds is 8. The number of benzene rings is 2. The van der Waals surface area contributed by atoms with Gasteiger partial charge in [0.25, 0.3) is 11.8 Å². The van der Waals surface area contributed by atoms with Gasteiger partial charge >= 0.3 is 5.97 Å². The van der Waals surface area contributed by atoms with Crippen LogP contribution in [0, 0.1) is 0 Å². The molecule has 2 N–H and O–H groups in total. The van der Waals surface area contributed by atoms with Gasteiger partial charge in [0.15, 0.2) is 6.10 Å². The van der Waals surface area contributed by atoms with Gasteiger partial charge in [0.2, 0.25) is 0 Å². The van der Waals surface area contributed by atoms with Crippen molar-refractivity contribution in [2.45, 2.75) is 13.0 Å². The Kier molecular flexibility index (Phi) is 7.38. The Morgan fingerprint density at radius 3 is 2.11 bits per heavy atom. The zero-order valence-electron chi connectivity index (χ0n) is 15.9. The zero-order chi connectivity index (χ0) is 20.5. The van der Waals surface area contributed by atoms with Gasteiger partial charge in [-0.15, -0.1) is 0 Å². The molecule has 0 aromatic heterocycles. The molecule has 0 saturated carbocycles. The first-order valence-electron chi connectivity index (χ1n) is 8.49. The minimum absolute atomic E-state index is 0.214. The van der Waals surface area contributed by atoms with Gasteiger partial charge in [-0.3, -0.25) is 14.4 Å². The number of hydrogen-bond acceptors (Lipinski definition) is 6. The van der Waals surface area contributed by atoms with Crippen molar-refractivity contribution in [2.75, 3.05) is 26.1 Å². The minimum atomic E-state index is -0.726. The van der Waals surface area contributed by atoms with Crippen molar-refractivity contribution >= 4 is 23.5 Å². The van der Waals surface area contributed by atoms with Crippen LogP contribution < -0.4 is 20.1 Å². The van der Waals surface area contributed by atoms with Crippen LogP contribution in [-0.4, -0.2) is 44.7 Å². The molecule has 148 valence electrons. The van der Waals surface area contributed by atoms with Crippen molar-refractivity contribution in [3.05, 3.63) is 54.1 Å². The Morgan fingerprint density at radius 1 is 0.929 bits per heavy atom. The Labute approximate surface area is 162 Å². The number of methoxy groups -OCH3 is 2. The lowest BCUT2D eigenvalue weighted by Crippen LogP contribution is -2.30. The normalized spacial score (nSPS) is 11.1. The highest BCUT2D eigenvalue weighted by Crippen LogP contribution is 2.18. The topological polar surface area (TPSA) is 103 Å². The van der Waals surface area contributed by atoms with E-state index in [1.165, 1.54) is 19.2 Å². The lowest BCUT2D eigenvalue weighted by atomic mass is 10.2. The van der Waals surface area contributed by atoms with E-state index < -0.39 is 18.0 Å². The standard InChI is InChI=1S/C20H22N2O6/c1-13(28-17-10-8-16(26-2)9-11-17)19(24)22-15-6-4-14(5-7-15)20(25)21-12-18(23)27-3/h4-11,13H,12H2,1-3H3,(H,21,25)(H,22,24). The van der Waals surface area contributed by atoms with Gasteiger partial charge in [-0.05, 0) is 55.5 Å². The van der Waals surface area contributed by atoms with E-state index in [1.54, 1.807) is 50.4 Å². The fourth-order valence-corrected chi connectivity index (χ4v) is 2.19. The lowest BCUT2D eigenvalue weighted by molar-refractivity contribution is -0.139. The van der Waals surface area contributed by atoms with Crippen molar-refractivity contribution in [2.24, 2.45) is 0 Å². The van der Waals surface area contributed by atoms with Crippen LogP contribution >= 0.6 is 0 Å².